The Bertz CT molecular complexity index is 1950. The number of aromatic nitrogens is 4. The van der Waals surface area contributed by atoms with Crippen molar-refractivity contribution in [1.82, 2.24) is 19.9 Å². The van der Waals surface area contributed by atoms with Crippen LogP contribution in [0.1, 0.15) is 5.56 Å². The van der Waals surface area contributed by atoms with E-state index >= 15 is 0 Å². The molecule has 0 saturated heterocycles. The molecule has 0 unspecified atom stereocenters. The lowest BCUT2D eigenvalue weighted by atomic mass is 10.1. The number of rotatable bonds is 1. The Labute approximate surface area is 224 Å². The number of para-hydroxylation sites is 4. The first-order chi connectivity index (χ1) is 19.2. The van der Waals surface area contributed by atoms with Gasteiger partial charge in [0.25, 0.3) is 0 Å². The number of aryl methyl sites for hydroxylation is 1. The molecule has 0 bridgehead atoms. The molecule has 6 heteroatoms. The molecule has 0 spiro atoms. The molecule has 0 aliphatic carbocycles. The zero-order valence-corrected chi connectivity index (χ0v) is 21.2. The van der Waals surface area contributed by atoms with Crippen molar-refractivity contribution in [3.8, 4) is 11.5 Å². The molecule has 0 radical (unpaired) electrons. The van der Waals surface area contributed by atoms with Gasteiger partial charge in [-0.25, -0.2) is 9.97 Å². The molecule has 4 aromatic heterocycles. The molecule has 8 aromatic rings. The summed E-state index contributed by atoms with van der Waals surface area (Å²) in [5.41, 5.74) is 7.74. The summed E-state index contributed by atoms with van der Waals surface area (Å²) in [6, 6.07) is 35.7. The number of pyridine rings is 2. The summed E-state index contributed by atoms with van der Waals surface area (Å²) in [6.07, 6.45) is 5.06. The van der Waals surface area contributed by atoms with E-state index in [1.54, 1.807) is 6.20 Å². The number of nitrogens with zero attached hydrogens (tertiary/aromatic N) is 4. The van der Waals surface area contributed by atoms with Gasteiger partial charge < -0.3 is 8.83 Å². The normalized spacial score (nSPS) is 10.7. The van der Waals surface area contributed by atoms with E-state index in [1.165, 1.54) is 17.3 Å². The van der Waals surface area contributed by atoms with E-state index in [0.29, 0.717) is 5.89 Å². The standard InChI is InChI=1S/C16H10N2O.C10H9N.C7H5NO/c1-2-6-15-14(5-1)18-16(19-15)12-7-8-13-11(10-12)4-3-9-17-13;1-8-4-5-10-9(7-8)3-2-6-11-10;1-2-4-7-6(3-1)8-5-9-7/h1-10H;2-7H,1H3;1-5H. The Hall–Kier alpha value is -5.36. The van der Waals surface area contributed by atoms with Gasteiger partial charge in [0, 0.05) is 28.7 Å². The van der Waals surface area contributed by atoms with Crippen LogP contribution in [0.5, 0.6) is 0 Å². The summed E-state index contributed by atoms with van der Waals surface area (Å²) in [6.45, 7) is 2.09. The zero-order valence-electron chi connectivity index (χ0n) is 21.2. The number of hydrogen-bond acceptors (Lipinski definition) is 6. The van der Waals surface area contributed by atoms with E-state index in [9.17, 15) is 0 Å². The summed E-state index contributed by atoms with van der Waals surface area (Å²) in [7, 11) is 0. The van der Waals surface area contributed by atoms with E-state index < -0.39 is 0 Å². The van der Waals surface area contributed by atoms with Crippen molar-refractivity contribution in [2.75, 3.05) is 0 Å². The summed E-state index contributed by atoms with van der Waals surface area (Å²) < 4.78 is 10.8. The maximum atomic E-state index is 5.77. The summed E-state index contributed by atoms with van der Waals surface area (Å²) in [4.78, 5) is 17.0. The topological polar surface area (TPSA) is 77.8 Å². The maximum Gasteiger partial charge on any atom is 0.227 e. The average molecular weight is 509 g/mol. The summed E-state index contributed by atoms with van der Waals surface area (Å²) in [5, 5.41) is 2.30. The number of benzene rings is 4. The Kier molecular flexibility index (Phi) is 6.74. The van der Waals surface area contributed by atoms with E-state index in [1.807, 2.05) is 97.2 Å². The van der Waals surface area contributed by atoms with Gasteiger partial charge in [-0.2, -0.15) is 0 Å². The largest absolute Gasteiger partial charge is 0.443 e. The molecular weight excluding hydrogens is 484 g/mol. The highest BCUT2D eigenvalue weighted by Crippen LogP contribution is 2.26. The van der Waals surface area contributed by atoms with Gasteiger partial charge in [0.2, 0.25) is 5.89 Å². The smallest absolute Gasteiger partial charge is 0.227 e. The van der Waals surface area contributed by atoms with Crippen molar-refractivity contribution < 1.29 is 8.83 Å². The fraction of sp³-hybridized carbons (Fsp3) is 0.0303. The second kappa shape index (κ2) is 10.9. The third-order valence-electron chi connectivity index (χ3n) is 6.14. The van der Waals surface area contributed by atoms with Crippen LogP contribution in [0.3, 0.4) is 0 Å². The van der Waals surface area contributed by atoms with Crippen LogP contribution in [-0.2, 0) is 0 Å². The molecule has 188 valence electrons. The molecule has 39 heavy (non-hydrogen) atoms. The average Bonchev–Trinajstić information content (AvgIpc) is 3.65. The van der Waals surface area contributed by atoms with Crippen LogP contribution in [0.4, 0.5) is 0 Å². The second-order valence-corrected chi connectivity index (χ2v) is 8.92. The SMILES string of the molecule is Cc1ccc2ncccc2c1.c1ccc2ocnc2c1.c1cnc2ccc(-c3nc4ccccc4o3)cc2c1. The van der Waals surface area contributed by atoms with Gasteiger partial charge in [-0.3, -0.25) is 9.97 Å². The highest BCUT2D eigenvalue weighted by atomic mass is 16.3. The van der Waals surface area contributed by atoms with Gasteiger partial charge >= 0.3 is 0 Å². The van der Waals surface area contributed by atoms with Crippen molar-refractivity contribution in [3.05, 3.63) is 134 Å². The minimum absolute atomic E-state index is 0.645. The third-order valence-corrected chi connectivity index (χ3v) is 6.14. The molecule has 0 aliphatic heterocycles. The van der Waals surface area contributed by atoms with Crippen LogP contribution in [0.15, 0.2) is 137 Å². The molecule has 4 heterocycles. The van der Waals surface area contributed by atoms with E-state index in [4.69, 9.17) is 8.83 Å². The van der Waals surface area contributed by atoms with Crippen LogP contribution in [0, 0.1) is 6.92 Å². The summed E-state index contributed by atoms with van der Waals surface area (Å²) >= 11 is 0. The van der Waals surface area contributed by atoms with E-state index in [0.717, 1.165) is 44.2 Å². The fourth-order valence-electron chi connectivity index (χ4n) is 4.20. The predicted molar refractivity (Wildman–Crippen MR) is 155 cm³/mol. The van der Waals surface area contributed by atoms with Gasteiger partial charge in [0.1, 0.15) is 11.0 Å². The van der Waals surface area contributed by atoms with Crippen molar-refractivity contribution in [2.24, 2.45) is 0 Å². The molecular formula is C33H24N4O2. The second-order valence-electron chi connectivity index (χ2n) is 8.92. The molecule has 8 rings (SSSR count). The Morgan fingerprint density at radius 1 is 0.538 bits per heavy atom. The van der Waals surface area contributed by atoms with Gasteiger partial charge in [-0.1, -0.05) is 48.0 Å². The number of hydrogen-bond donors (Lipinski definition) is 0. The monoisotopic (exact) mass is 508 g/mol. The van der Waals surface area contributed by atoms with Crippen LogP contribution < -0.4 is 0 Å². The van der Waals surface area contributed by atoms with E-state index in [-0.39, 0.29) is 0 Å². The number of fused-ring (bicyclic) bond motifs is 4. The minimum Gasteiger partial charge on any atom is -0.443 e. The molecule has 6 nitrogen and oxygen atoms in total. The first kappa shape index (κ1) is 24.0. The molecule has 0 atom stereocenters. The van der Waals surface area contributed by atoms with Crippen LogP contribution in [0.25, 0.3) is 55.5 Å². The fourth-order valence-corrected chi connectivity index (χ4v) is 4.20. The molecule has 0 amide bonds. The summed E-state index contributed by atoms with van der Waals surface area (Å²) in [5.74, 6) is 0.645. The molecule has 0 N–H and O–H groups in total. The molecule has 0 fully saturated rings. The lowest BCUT2D eigenvalue weighted by Gasteiger charge is -1.98. The predicted octanol–water partition coefficient (Wildman–Crippen LogP) is 8.41. The van der Waals surface area contributed by atoms with Crippen LogP contribution in [0.2, 0.25) is 0 Å². The number of oxazole rings is 2. The van der Waals surface area contributed by atoms with Crippen LogP contribution >= 0.6 is 0 Å². The lowest BCUT2D eigenvalue weighted by Crippen LogP contribution is -1.80. The first-order valence-corrected chi connectivity index (χ1v) is 12.5. The Balaban J connectivity index is 0.000000117. The first-order valence-electron chi connectivity index (χ1n) is 12.5. The highest BCUT2D eigenvalue weighted by Gasteiger charge is 2.08. The molecule has 0 saturated carbocycles. The minimum atomic E-state index is 0.645. The van der Waals surface area contributed by atoms with Gasteiger partial charge in [0.05, 0.1) is 11.0 Å². The van der Waals surface area contributed by atoms with Gasteiger partial charge in [0.15, 0.2) is 17.6 Å². The lowest BCUT2D eigenvalue weighted by molar-refractivity contribution is 0.602. The Morgan fingerprint density at radius 2 is 1.21 bits per heavy atom. The van der Waals surface area contributed by atoms with Gasteiger partial charge in [-0.15, -0.1) is 0 Å². The van der Waals surface area contributed by atoms with Gasteiger partial charge in [-0.05, 0) is 73.7 Å². The maximum absolute atomic E-state index is 5.77. The highest BCUT2D eigenvalue weighted by molar-refractivity contribution is 5.84. The zero-order chi connectivity index (χ0) is 26.4. The van der Waals surface area contributed by atoms with Crippen molar-refractivity contribution in [3.63, 3.8) is 0 Å². The van der Waals surface area contributed by atoms with E-state index in [2.05, 4.69) is 45.1 Å². The van der Waals surface area contributed by atoms with Crippen molar-refractivity contribution in [2.45, 2.75) is 6.92 Å². The van der Waals surface area contributed by atoms with Crippen LogP contribution in [-0.4, -0.2) is 19.9 Å². The van der Waals surface area contributed by atoms with Crippen molar-refractivity contribution >= 4 is 44.0 Å². The Morgan fingerprint density at radius 3 is 1.95 bits per heavy atom. The quantitative estimate of drug-likeness (QED) is 0.221. The molecule has 0 aliphatic rings. The molecule has 4 aromatic carbocycles. The van der Waals surface area contributed by atoms with Crippen molar-refractivity contribution in [1.29, 1.82) is 0 Å². The third kappa shape index (κ3) is 5.50.